The molecular weight excluding hydrogens is 312 g/mol. The van der Waals surface area contributed by atoms with Crippen molar-refractivity contribution in [2.24, 2.45) is 0 Å². The number of rotatable bonds is 7. The summed E-state index contributed by atoms with van der Waals surface area (Å²) in [6.07, 6.45) is 7.97. The van der Waals surface area contributed by atoms with E-state index in [2.05, 4.69) is 39.8 Å². The van der Waals surface area contributed by atoms with Gasteiger partial charge in [-0.3, -0.25) is 4.79 Å². The first-order chi connectivity index (χ1) is 11.9. The Morgan fingerprint density at radius 2 is 1.84 bits per heavy atom. The summed E-state index contributed by atoms with van der Waals surface area (Å²) in [6.45, 7) is 8.34. The quantitative estimate of drug-likeness (QED) is 0.448. The largest absolute Gasteiger partial charge is 0.488 e. The molecule has 140 valence electrons. The molecule has 0 N–H and O–H groups in total. The minimum Gasteiger partial charge on any atom is -0.488 e. The summed E-state index contributed by atoms with van der Waals surface area (Å²) in [7, 11) is 0. The number of ether oxygens (including phenoxy) is 2. The lowest BCUT2D eigenvalue weighted by atomic mass is 9.81. The summed E-state index contributed by atoms with van der Waals surface area (Å²) >= 11 is 0. The minimum atomic E-state index is -0.239. The van der Waals surface area contributed by atoms with E-state index in [1.54, 1.807) is 0 Å². The Hall–Kier alpha value is -1.51. The zero-order chi connectivity index (χ0) is 18.3. The molecule has 0 aliphatic heterocycles. The van der Waals surface area contributed by atoms with Crippen molar-refractivity contribution in [1.82, 2.24) is 0 Å². The molecule has 3 nitrogen and oxygen atoms in total. The highest BCUT2D eigenvalue weighted by Crippen LogP contribution is 2.40. The third kappa shape index (κ3) is 6.37. The second kappa shape index (κ2) is 9.26. The highest BCUT2D eigenvalue weighted by molar-refractivity contribution is 5.69. The molecule has 1 saturated carbocycles. The Bertz CT molecular complexity index is 544. The van der Waals surface area contributed by atoms with E-state index in [9.17, 15) is 4.79 Å². The molecule has 2 rings (SSSR count). The van der Waals surface area contributed by atoms with Crippen molar-refractivity contribution in [3.63, 3.8) is 0 Å². The van der Waals surface area contributed by atoms with E-state index in [1.807, 2.05) is 12.1 Å². The van der Waals surface area contributed by atoms with Crippen LogP contribution in [-0.4, -0.2) is 17.7 Å². The molecule has 1 aromatic carbocycles. The van der Waals surface area contributed by atoms with Gasteiger partial charge in [-0.25, -0.2) is 0 Å². The van der Waals surface area contributed by atoms with Crippen LogP contribution < -0.4 is 4.74 Å². The van der Waals surface area contributed by atoms with Gasteiger partial charge in [-0.1, -0.05) is 44.4 Å². The van der Waals surface area contributed by atoms with Crippen LogP contribution in [0.25, 0.3) is 0 Å². The van der Waals surface area contributed by atoms with Crippen LogP contribution >= 0.6 is 0 Å². The average molecular weight is 347 g/mol. The number of para-hydroxylation sites is 1. The van der Waals surface area contributed by atoms with Gasteiger partial charge in [-0.05, 0) is 52.5 Å². The maximum absolute atomic E-state index is 12.2. The van der Waals surface area contributed by atoms with Crippen molar-refractivity contribution >= 4 is 5.97 Å². The Morgan fingerprint density at radius 1 is 1.12 bits per heavy atom. The summed E-state index contributed by atoms with van der Waals surface area (Å²) in [5, 5.41) is 0. The molecular formula is C22H34O3. The van der Waals surface area contributed by atoms with Crippen LogP contribution in [0.1, 0.15) is 90.5 Å². The summed E-state index contributed by atoms with van der Waals surface area (Å²) in [6, 6.07) is 8.24. The first-order valence-corrected chi connectivity index (χ1v) is 9.88. The summed E-state index contributed by atoms with van der Waals surface area (Å²) in [4.78, 5) is 12.2. The smallest absolute Gasteiger partial charge is 0.306 e. The fourth-order valence-electron chi connectivity index (χ4n) is 3.55. The molecule has 0 aromatic heterocycles. The van der Waals surface area contributed by atoms with Crippen LogP contribution in [0, 0.1) is 0 Å². The van der Waals surface area contributed by atoms with Crippen molar-refractivity contribution in [2.75, 3.05) is 0 Å². The predicted molar refractivity (Wildman–Crippen MR) is 102 cm³/mol. The number of hydrogen-bond acceptors (Lipinski definition) is 3. The number of esters is 1. The van der Waals surface area contributed by atoms with Gasteiger partial charge in [0, 0.05) is 17.9 Å². The lowest BCUT2D eigenvalue weighted by Crippen LogP contribution is -2.30. The molecule has 25 heavy (non-hydrogen) atoms. The van der Waals surface area contributed by atoms with Gasteiger partial charge < -0.3 is 9.47 Å². The van der Waals surface area contributed by atoms with Crippen LogP contribution in [0.3, 0.4) is 0 Å². The average Bonchev–Trinajstić information content (AvgIpc) is 2.55. The van der Waals surface area contributed by atoms with Gasteiger partial charge in [-0.15, -0.1) is 0 Å². The lowest BCUT2D eigenvalue weighted by molar-refractivity contribution is -0.151. The first-order valence-electron chi connectivity index (χ1n) is 9.88. The number of unbranched alkanes of at least 4 members (excludes halogenated alkanes) is 2. The molecule has 2 atom stereocenters. The van der Waals surface area contributed by atoms with E-state index in [1.165, 1.54) is 12.0 Å². The predicted octanol–water partition coefficient (Wildman–Crippen LogP) is 6.01. The van der Waals surface area contributed by atoms with Crippen LogP contribution in [0.5, 0.6) is 5.75 Å². The molecule has 0 bridgehead atoms. The molecule has 0 amide bonds. The van der Waals surface area contributed by atoms with Crippen molar-refractivity contribution in [3.05, 3.63) is 29.8 Å². The third-order valence-electron chi connectivity index (χ3n) is 4.70. The zero-order valence-electron chi connectivity index (χ0n) is 16.3. The molecule has 0 heterocycles. The Kier molecular flexibility index (Phi) is 7.34. The minimum absolute atomic E-state index is 0.0207. The Balaban J connectivity index is 2.11. The van der Waals surface area contributed by atoms with Crippen LogP contribution in [-0.2, 0) is 9.53 Å². The number of carbonyl (C=O) groups is 1. The SMILES string of the molecule is CCCCCC(=O)OC1CCCCC1c1ccccc1OC(C)(C)C. The van der Waals surface area contributed by atoms with Crippen LogP contribution in [0.15, 0.2) is 24.3 Å². The summed E-state index contributed by atoms with van der Waals surface area (Å²) < 4.78 is 12.1. The van der Waals surface area contributed by atoms with E-state index >= 15 is 0 Å². The standard InChI is InChI=1S/C22H34O3/c1-5-6-7-16-21(23)24-19-14-10-8-12-17(19)18-13-9-11-15-20(18)25-22(2,3)4/h9,11,13,15,17,19H,5-8,10,12,14,16H2,1-4H3. The second-order valence-electron chi connectivity index (χ2n) is 8.13. The Labute approximate surface area is 153 Å². The maximum Gasteiger partial charge on any atom is 0.306 e. The molecule has 1 fully saturated rings. The maximum atomic E-state index is 12.2. The zero-order valence-corrected chi connectivity index (χ0v) is 16.3. The molecule has 1 aliphatic carbocycles. The van der Waals surface area contributed by atoms with Crippen molar-refractivity contribution in [3.8, 4) is 5.75 Å². The van der Waals surface area contributed by atoms with Gasteiger partial charge in [0.05, 0.1) is 0 Å². The fraction of sp³-hybridized carbons (Fsp3) is 0.682. The van der Waals surface area contributed by atoms with E-state index in [-0.39, 0.29) is 23.6 Å². The van der Waals surface area contributed by atoms with Crippen molar-refractivity contribution in [2.45, 2.75) is 96.7 Å². The van der Waals surface area contributed by atoms with E-state index in [0.717, 1.165) is 44.3 Å². The molecule has 3 heteroatoms. The first kappa shape index (κ1) is 19.8. The van der Waals surface area contributed by atoms with Gasteiger partial charge in [0.25, 0.3) is 0 Å². The van der Waals surface area contributed by atoms with Gasteiger partial charge >= 0.3 is 5.97 Å². The summed E-state index contributed by atoms with van der Waals surface area (Å²) in [5.41, 5.74) is 0.945. The molecule has 1 aromatic rings. The van der Waals surface area contributed by atoms with Gasteiger partial charge in [0.1, 0.15) is 17.5 Å². The van der Waals surface area contributed by atoms with E-state index in [4.69, 9.17) is 9.47 Å². The van der Waals surface area contributed by atoms with Crippen LogP contribution in [0.4, 0.5) is 0 Å². The van der Waals surface area contributed by atoms with Gasteiger partial charge in [0.15, 0.2) is 0 Å². The van der Waals surface area contributed by atoms with Crippen molar-refractivity contribution in [1.29, 1.82) is 0 Å². The second-order valence-corrected chi connectivity index (χ2v) is 8.13. The van der Waals surface area contributed by atoms with Crippen LogP contribution in [0.2, 0.25) is 0 Å². The molecule has 0 radical (unpaired) electrons. The number of hydrogen-bond donors (Lipinski definition) is 0. The van der Waals surface area contributed by atoms with Crippen molar-refractivity contribution < 1.29 is 14.3 Å². The summed E-state index contributed by atoms with van der Waals surface area (Å²) in [5.74, 6) is 1.12. The fourth-order valence-corrected chi connectivity index (χ4v) is 3.55. The van der Waals surface area contributed by atoms with E-state index < -0.39 is 0 Å². The number of benzene rings is 1. The molecule has 2 unspecified atom stereocenters. The topological polar surface area (TPSA) is 35.5 Å². The molecule has 0 saturated heterocycles. The van der Waals surface area contributed by atoms with E-state index in [0.29, 0.717) is 6.42 Å². The van der Waals surface area contributed by atoms with Gasteiger partial charge in [0.2, 0.25) is 0 Å². The van der Waals surface area contributed by atoms with Gasteiger partial charge in [-0.2, -0.15) is 0 Å². The number of carbonyl (C=O) groups excluding carboxylic acids is 1. The lowest BCUT2D eigenvalue weighted by Gasteiger charge is -2.33. The molecule has 1 aliphatic rings. The third-order valence-corrected chi connectivity index (χ3v) is 4.70. The highest BCUT2D eigenvalue weighted by atomic mass is 16.5. The Morgan fingerprint density at radius 3 is 2.56 bits per heavy atom. The highest BCUT2D eigenvalue weighted by Gasteiger charge is 2.32. The molecule has 0 spiro atoms. The normalized spacial score (nSPS) is 21.0. The monoisotopic (exact) mass is 346 g/mol.